The number of carbonyl (C=O) groups excluding carboxylic acids is 1. The molecule has 3 heterocycles. The molecule has 0 N–H and O–H groups in total. The Labute approximate surface area is 200 Å². The van der Waals surface area contributed by atoms with Gasteiger partial charge in [-0.25, -0.2) is 4.98 Å². The average Bonchev–Trinajstić information content (AvgIpc) is 3.34. The summed E-state index contributed by atoms with van der Waals surface area (Å²) in [5.41, 5.74) is 2.36. The summed E-state index contributed by atoms with van der Waals surface area (Å²) in [7, 11) is 0. The van der Waals surface area contributed by atoms with E-state index in [0.717, 1.165) is 71.3 Å². The number of hydrogen-bond acceptors (Lipinski definition) is 6. The molecule has 0 radical (unpaired) electrons. The Hall–Kier alpha value is -1.52. The second kappa shape index (κ2) is 10.9. The van der Waals surface area contributed by atoms with Crippen molar-refractivity contribution in [3.8, 4) is 0 Å². The van der Waals surface area contributed by atoms with Gasteiger partial charge in [0.2, 0.25) is 0 Å². The second-order valence-corrected chi connectivity index (χ2v) is 9.28. The van der Waals surface area contributed by atoms with Crippen molar-refractivity contribution in [3.05, 3.63) is 40.1 Å². The van der Waals surface area contributed by atoms with E-state index in [1.165, 1.54) is 0 Å². The molecule has 1 amide bonds. The van der Waals surface area contributed by atoms with E-state index < -0.39 is 0 Å². The summed E-state index contributed by atoms with van der Waals surface area (Å²) in [5, 5.41) is 5.23. The molecular weight excluding hydrogens is 502 g/mol. The Morgan fingerprint density at radius 3 is 2.77 bits per heavy atom. The van der Waals surface area contributed by atoms with Gasteiger partial charge in [0.1, 0.15) is 0 Å². The third kappa shape index (κ3) is 5.64. The highest BCUT2D eigenvalue weighted by molar-refractivity contribution is 9.10. The van der Waals surface area contributed by atoms with Crippen LogP contribution in [0.25, 0.3) is 10.2 Å². The zero-order chi connectivity index (χ0) is 21.1. The number of hydrogen-bond donors (Lipinski definition) is 0. The molecule has 0 spiro atoms. The van der Waals surface area contributed by atoms with E-state index in [0.29, 0.717) is 12.2 Å². The van der Waals surface area contributed by atoms with Crippen molar-refractivity contribution in [2.45, 2.75) is 26.8 Å². The van der Waals surface area contributed by atoms with Gasteiger partial charge in [0.15, 0.2) is 10.8 Å². The third-order valence-electron chi connectivity index (χ3n) is 5.27. The van der Waals surface area contributed by atoms with Gasteiger partial charge in [-0.15, -0.1) is 12.4 Å². The lowest BCUT2D eigenvalue weighted by Crippen LogP contribution is -2.39. The molecular formula is C21H27BrClN5O2S. The molecule has 7 nitrogen and oxygen atoms in total. The predicted molar refractivity (Wildman–Crippen MR) is 131 cm³/mol. The zero-order valence-corrected chi connectivity index (χ0v) is 20.9. The maximum atomic E-state index is 13.4. The van der Waals surface area contributed by atoms with Crippen molar-refractivity contribution in [2.24, 2.45) is 0 Å². The van der Waals surface area contributed by atoms with Gasteiger partial charge in [0, 0.05) is 42.9 Å². The standard InChI is InChI=1S/C21H26BrN5O2S.ClH/c1-3-27-15(2)13-18(24-27)20(28)26(8-4-7-25-9-11-29-12-10-25)21-23-17-6-5-16(22)14-19(17)30-21;/h5-6,13-14H,3-4,7-12H2,1-2H3;1H. The van der Waals surface area contributed by atoms with E-state index in [2.05, 4.69) is 25.9 Å². The van der Waals surface area contributed by atoms with Gasteiger partial charge in [-0.2, -0.15) is 5.10 Å². The van der Waals surface area contributed by atoms with E-state index in [4.69, 9.17) is 9.72 Å². The van der Waals surface area contributed by atoms with Crippen molar-refractivity contribution in [3.63, 3.8) is 0 Å². The van der Waals surface area contributed by atoms with Crippen molar-refractivity contribution >= 4 is 60.9 Å². The molecule has 0 bridgehead atoms. The van der Waals surface area contributed by atoms with Gasteiger partial charge < -0.3 is 4.74 Å². The summed E-state index contributed by atoms with van der Waals surface area (Å²) < 4.78 is 9.35. The number of nitrogens with zero attached hydrogens (tertiary/aromatic N) is 5. The lowest BCUT2D eigenvalue weighted by molar-refractivity contribution is 0.0376. The molecule has 1 saturated heterocycles. The molecule has 0 saturated carbocycles. The van der Waals surface area contributed by atoms with Crippen molar-refractivity contribution in [1.29, 1.82) is 0 Å². The van der Waals surface area contributed by atoms with Gasteiger partial charge in [-0.3, -0.25) is 19.3 Å². The number of amides is 1. The highest BCUT2D eigenvalue weighted by Crippen LogP contribution is 2.31. The van der Waals surface area contributed by atoms with Crippen LogP contribution in [0.3, 0.4) is 0 Å². The molecule has 31 heavy (non-hydrogen) atoms. The smallest absolute Gasteiger partial charge is 0.280 e. The van der Waals surface area contributed by atoms with Crippen LogP contribution in [0.5, 0.6) is 0 Å². The molecule has 10 heteroatoms. The molecule has 1 aliphatic rings. The molecule has 4 rings (SSSR count). The number of benzene rings is 1. The Kier molecular flexibility index (Phi) is 8.46. The van der Waals surface area contributed by atoms with Crippen LogP contribution < -0.4 is 4.90 Å². The van der Waals surface area contributed by atoms with E-state index in [1.807, 2.05) is 42.8 Å². The first-order chi connectivity index (χ1) is 14.5. The maximum absolute atomic E-state index is 13.4. The number of anilines is 1. The van der Waals surface area contributed by atoms with E-state index in [1.54, 1.807) is 16.2 Å². The number of morpholine rings is 1. The number of fused-ring (bicyclic) bond motifs is 1. The molecule has 2 aromatic heterocycles. The summed E-state index contributed by atoms with van der Waals surface area (Å²) >= 11 is 5.06. The topological polar surface area (TPSA) is 63.5 Å². The number of carbonyl (C=O) groups is 1. The maximum Gasteiger partial charge on any atom is 0.280 e. The lowest BCUT2D eigenvalue weighted by Gasteiger charge is -2.27. The van der Waals surface area contributed by atoms with Crippen LogP contribution in [0.4, 0.5) is 5.13 Å². The highest BCUT2D eigenvalue weighted by Gasteiger charge is 2.24. The summed E-state index contributed by atoms with van der Waals surface area (Å²) in [6.07, 6.45) is 0.874. The van der Waals surface area contributed by atoms with Gasteiger partial charge in [0.25, 0.3) is 5.91 Å². The normalized spacial score (nSPS) is 14.5. The van der Waals surface area contributed by atoms with Crippen LogP contribution in [0.2, 0.25) is 0 Å². The zero-order valence-electron chi connectivity index (χ0n) is 17.7. The van der Waals surface area contributed by atoms with Crippen molar-refractivity contribution in [2.75, 3.05) is 44.3 Å². The highest BCUT2D eigenvalue weighted by atomic mass is 79.9. The minimum absolute atomic E-state index is 0. The SMILES string of the molecule is CCn1nc(C(=O)N(CCCN2CCOCC2)c2nc3ccc(Br)cc3s2)cc1C.Cl. The minimum Gasteiger partial charge on any atom is -0.379 e. The summed E-state index contributed by atoms with van der Waals surface area (Å²) in [5.74, 6) is -0.0922. The number of rotatable bonds is 7. The first-order valence-electron chi connectivity index (χ1n) is 10.3. The molecule has 1 aliphatic heterocycles. The number of thiazole rings is 1. The number of aryl methyl sites for hydroxylation is 2. The van der Waals surface area contributed by atoms with Crippen LogP contribution in [0, 0.1) is 6.92 Å². The van der Waals surface area contributed by atoms with Crippen LogP contribution >= 0.6 is 39.7 Å². The van der Waals surface area contributed by atoms with Crippen molar-refractivity contribution in [1.82, 2.24) is 19.7 Å². The van der Waals surface area contributed by atoms with E-state index >= 15 is 0 Å². The first-order valence-corrected chi connectivity index (χ1v) is 11.9. The average molecular weight is 529 g/mol. The third-order valence-corrected chi connectivity index (χ3v) is 6.81. The van der Waals surface area contributed by atoms with Crippen LogP contribution in [0.15, 0.2) is 28.7 Å². The fourth-order valence-electron chi connectivity index (χ4n) is 3.64. The summed E-state index contributed by atoms with van der Waals surface area (Å²) in [6, 6.07) is 7.86. The van der Waals surface area contributed by atoms with Gasteiger partial charge >= 0.3 is 0 Å². The molecule has 168 valence electrons. The number of aromatic nitrogens is 3. The molecule has 1 fully saturated rings. The first kappa shape index (κ1) is 24.1. The minimum atomic E-state index is -0.0922. The molecule has 0 atom stereocenters. The van der Waals surface area contributed by atoms with Crippen molar-refractivity contribution < 1.29 is 9.53 Å². The molecule has 0 aliphatic carbocycles. The van der Waals surface area contributed by atoms with Crippen LogP contribution in [-0.4, -0.2) is 65.0 Å². The predicted octanol–water partition coefficient (Wildman–Crippen LogP) is 4.37. The van der Waals surface area contributed by atoms with Crippen LogP contribution in [-0.2, 0) is 11.3 Å². The van der Waals surface area contributed by atoms with Gasteiger partial charge in [-0.1, -0.05) is 27.3 Å². The summed E-state index contributed by atoms with van der Waals surface area (Å²) in [6.45, 7) is 9.75. The molecule has 0 unspecified atom stereocenters. The Balaban J connectivity index is 0.00000272. The lowest BCUT2D eigenvalue weighted by atomic mass is 10.3. The molecule has 3 aromatic rings. The van der Waals surface area contributed by atoms with E-state index in [9.17, 15) is 4.79 Å². The Bertz CT molecular complexity index is 1030. The van der Waals surface area contributed by atoms with Crippen LogP contribution in [0.1, 0.15) is 29.5 Å². The molecule has 1 aromatic carbocycles. The number of halogens is 2. The monoisotopic (exact) mass is 527 g/mol. The fourth-order valence-corrected chi connectivity index (χ4v) is 5.18. The Morgan fingerprint density at radius 1 is 1.29 bits per heavy atom. The summed E-state index contributed by atoms with van der Waals surface area (Å²) in [4.78, 5) is 22.4. The largest absolute Gasteiger partial charge is 0.379 e. The van der Waals surface area contributed by atoms with Gasteiger partial charge in [-0.05, 0) is 44.5 Å². The van der Waals surface area contributed by atoms with E-state index in [-0.39, 0.29) is 18.3 Å². The Morgan fingerprint density at radius 2 is 2.06 bits per heavy atom. The second-order valence-electron chi connectivity index (χ2n) is 7.36. The van der Waals surface area contributed by atoms with Gasteiger partial charge in [0.05, 0.1) is 23.4 Å². The number of ether oxygens (including phenoxy) is 1. The fraction of sp³-hybridized carbons (Fsp3) is 0.476. The quantitative estimate of drug-likeness (QED) is 0.456.